The standard InChI is InChI=1S/C95H94BN5/c1-90(2,3)63-33-29-59(30-34-63)71-25-19-21-27-79(71)100-85-56-69(98-81-45-37-65(92(7,8)9)52-73(81)74-53-66(93(10,11)12)38-46-82(74)98)41-43-77(85)96-78-44-42-70(99-83-47-39-67(94(13,14)15)54-75(83)76-55-68(95(16,17)18)40-48-84(76)99)57-86(78)101(88-51-62(50-87(100)89(88)96)61-24-23-49-97-58-61)80-28-22-20-26-72(80)60-31-35-64(36-32-60)91(4,5)6/h19-58H,1-18H3. The van der Waals surface area contributed by atoms with Crippen LogP contribution in [-0.2, 0) is 32.5 Å². The van der Waals surface area contributed by atoms with E-state index in [2.05, 4.69) is 374 Å². The van der Waals surface area contributed by atoms with Crippen molar-refractivity contribution >= 4 is 101 Å². The maximum absolute atomic E-state index is 4.86. The van der Waals surface area contributed by atoms with Gasteiger partial charge in [-0.05, 0) is 202 Å². The summed E-state index contributed by atoms with van der Waals surface area (Å²) in [6.45, 7) is 41.5. The zero-order valence-electron chi connectivity index (χ0n) is 62.4. The summed E-state index contributed by atoms with van der Waals surface area (Å²) in [6, 6.07) is 89.9. The summed E-state index contributed by atoms with van der Waals surface area (Å²) in [5.41, 5.74) is 31.9. The molecule has 0 aliphatic carbocycles. The fourth-order valence-electron chi connectivity index (χ4n) is 16.1. The Hall–Kier alpha value is -10.2. The van der Waals surface area contributed by atoms with Crippen LogP contribution in [0.15, 0.2) is 243 Å². The highest BCUT2D eigenvalue weighted by Crippen LogP contribution is 2.52. The van der Waals surface area contributed by atoms with Crippen molar-refractivity contribution in [3.05, 3.63) is 276 Å². The molecule has 16 rings (SSSR count). The van der Waals surface area contributed by atoms with Crippen molar-refractivity contribution in [3.8, 4) is 44.8 Å². The number of pyridine rings is 1. The Kier molecular flexibility index (Phi) is 15.0. The van der Waals surface area contributed by atoms with Crippen LogP contribution in [0.4, 0.5) is 34.1 Å². The van der Waals surface area contributed by atoms with Gasteiger partial charge in [0.1, 0.15) is 0 Å². The number of aromatic nitrogens is 3. The number of rotatable bonds is 7. The number of anilines is 6. The van der Waals surface area contributed by atoms with Crippen LogP contribution in [0, 0.1) is 0 Å². The van der Waals surface area contributed by atoms with Gasteiger partial charge in [-0.3, -0.25) is 4.98 Å². The van der Waals surface area contributed by atoms with E-state index in [1.165, 1.54) is 93.4 Å². The second kappa shape index (κ2) is 23.2. The van der Waals surface area contributed by atoms with E-state index in [4.69, 9.17) is 4.98 Å². The molecule has 2 aliphatic heterocycles. The third-order valence-electron chi connectivity index (χ3n) is 22.0. The summed E-state index contributed by atoms with van der Waals surface area (Å²) in [4.78, 5) is 10.1. The van der Waals surface area contributed by atoms with Crippen molar-refractivity contribution in [3.63, 3.8) is 0 Å². The van der Waals surface area contributed by atoms with E-state index in [0.29, 0.717) is 0 Å². The van der Waals surface area contributed by atoms with Crippen LogP contribution in [0.3, 0.4) is 0 Å². The zero-order valence-corrected chi connectivity index (χ0v) is 62.4. The molecule has 0 radical (unpaired) electrons. The molecule has 11 aromatic carbocycles. The molecule has 502 valence electrons. The molecule has 0 bridgehead atoms. The van der Waals surface area contributed by atoms with Crippen molar-refractivity contribution in [1.29, 1.82) is 0 Å². The van der Waals surface area contributed by atoms with Gasteiger partial charge in [-0.1, -0.05) is 252 Å². The molecule has 0 saturated heterocycles. The Morgan fingerprint density at radius 1 is 0.267 bits per heavy atom. The van der Waals surface area contributed by atoms with E-state index >= 15 is 0 Å². The first-order valence-electron chi connectivity index (χ1n) is 36.4. The molecule has 0 amide bonds. The summed E-state index contributed by atoms with van der Waals surface area (Å²) in [6.07, 6.45) is 3.93. The zero-order chi connectivity index (χ0) is 70.8. The van der Waals surface area contributed by atoms with Gasteiger partial charge in [0.2, 0.25) is 0 Å². The lowest BCUT2D eigenvalue weighted by molar-refractivity contribution is 0.590. The van der Waals surface area contributed by atoms with Gasteiger partial charge in [0, 0.05) is 84.8 Å². The first kappa shape index (κ1) is 65.4. The largest absolute Gasteiger partial charge is 0.311 e. The van der Waals surface area contributed by atoms with Gasteiger partial charge in [-0.15, -0.1) is 0 Å². The van der Waals surface area contributed by atoms with Crippen LogP contribution in [-0.4, -0.2) is 20.8 Å². The molecular formula is C95H94BN5. The number of hydrogen-bond donors (Lipinski definition) is 0. The number of para-hydroxylation sites is 2. The molecule has 0 unspecified atom stereocenters. The lowest BCUT2D eigenvalue weighted by Crippen LogP contribution is -2.61. The highest BCUT2D eigenvalue weighted by atomic mass is 15.2. The molecule has 5 heterocycles. The van der Waals surface area contributed by atoms with E-state index in [1.54, 1.807) is 0 Å². The molecule has 0 N–H and O–H groups in total. The molecule has 0 fully saturated rings. The van der Waals surface area contributed by atoms with Crippen molar-refractivity contribution in [1.82, 2.24) is 14.1 Å². The predicted molar refractivity (Wildman–Crippen MR) is 435 cm³/mol. The number of benzene rings is 11. The molecule has 0 saturated carbocycles. The van der Waals surface area contributed by atoms with Crippen LogP contribution in [0.5, 0.6) is 0 Å². The first-order valence-corrected chi connectivity index (χ1v) is 36.4. The third kappa shape index (κ3) is 11.1. The molecule has 6 heteroatoms. The number of fused-ring (bicyclic) bond motifs is 10. The number of nitrogens with zero attached hydrogens (tertiary/aromatic N) is 5. The molecule has 3 aromatic heterocycles. The van der Waals surface area contributed by atoms with Gasteiger partial charge in [0.15, 0.2) is 0 Å². The summed E-state index contributed by atoms with van der Waals surface area (Å²) in [5, 5.41) is 5.07. The van der Waals surface area contributed by atoms with Crippen LogP contribution < -0.4 is 26.2 Å². The molecule has 101 heavy (non-hydrogen) atoms. The minimum Gasteiger partial charge on any atom is -0.311 e. The minimum absolute atomic E-state index is 0.0102. The monoisotopic (exact) mass is 1320 g/mol. The Balaban J connectivity index is 1.03. The summed E-state index contributed by atoms with van der Waals surface area (Å²) in [7, 11) is 0. The highest BCUT2D eigenvalue weighted by Gasteiger charge is 2.45. The van der Waals surface area contributed by atoms with Gasteiger partial charge >= 0.3 is 0 Å². The summed E-state index contributed by atoms with van der Waals surface area (Å²) in [5.74, 6) is 0. The highest BCUT2D eigenvalue weighted by molar-refractivity contribution is 7.00. The Labute approximate surface area is 599 Å². The van der Waals surface area contributed by atoms with Crippen LogP contribution in [0.25, 0.3) is 88.4 Å². The van der Waals surface area contributed by atoms with Gasteiger partial charge in [0.05, 0.1) is 33.4 Å². The van der Waals surface area contributed by atoms with E-state index in [1.807, 2.05) is 12.4 Å². The fourth-order valence-corrected chi connectivity index (χ4v) is 16.1. The third-order valence-corrected chi connectivity index (χ3v) is 22.0. The average molecular weight is 1320 g/mol. The minimum atomic E-state index is -0.205. The van der Waals surface area contributed by atoms with Gasteiger partial charge < -0.3 is 18.9 Å². The maximum Gasteiger partial charge on any atom is 0.252 e. The van der Waals surface area contributed by atoms with E-state index in [-0.39, 0.29) is 39.2 Å². The maximum atomic E-state index is 4.86. The van der Waals surface area contributed by atoms with Gasteiger partial charge in [0.25, 0.3) is 6.71 Å². The van der Waals surface area contributed by atoms with Crippen molar-refractivity contribution in [2.75, 3.05) is 9.80 Å². The Morgan fingerprint density at radius 3 is 0.931 bits per heavy atom. The number of hydrogen-bond acceptors (Lipinski definition) is 3. The second-order valence-corrected chi connectivity index (χ2v) is 35.0. The van der Waals surface area contributed by atoms with E-state index in [9.17, 15) is 0 Å². The van der Waals surface area contributed by atoms with Crippen LogP contribution in [0.1, 0.15) is 158 Å². The Bertz CT molecular complexity index is 5170. The second-order valence-electron chi connectivity index (χ2n) is 35.0. The summed E-state index contributed by atoms with van der Waals surface area (Å²) < 4.78 is 5.08. The first-order chi connectivity index (χ1) is 47.9. The van der Waals surface area contributed by atoms with Crippen LogP contribution in [0.2, 0.25) is 0 Å². The van der Waals surface area contributed by atoms with E-state index < -0.39 is 0 Å². The molecule has 0 atom stereocenters. The van der Waals surface area contributed by atoms with Crippen LogP contribution >= 0.6 is 0 Å². The van der Waals surface area contributed by atoms with Gasteiger partial charge in [-0.2, -0.15) is 0 Å². The topological polar surface area (TPSA) is 29.2 Å². The van der Waals surface area contributed by atoms with Crippen molar-refractivity contribution in [2.45, 2.75) is 157 Å². The normalized spacial score (nSPS) is 13.6. The quantitative estimate of drug-likeness (QED) is 0.149. The Morgan fingerprint density at radius 2 is 0.604 bits per heavy atom. The van der Waals surface area contributed by atoms with Crippen molar-refractivity contribution in [2.24, 2.45) is 0 Å². The van der Waals surface area contributed by atoms with Gasteiger partial charge in [-0.25, -0.2) is 0 Å². The van der Waals surface area contributed by atoms with E-state index in [0.717, 1.165) is 78.9 Å². The SMILES string of the molecule is CC(C)(C)c1ccc(-c2ccccc2N2c3cc(-n4c5ccc(C(C)(C)C)cc5c5cc(C(C)(C)C)ccc54)ccc3B3c4ccc(-n5c6ccc(C(C)(C)C)cc6c6cc(C(C)(C)C)ccc65)cc4N(c4ccccc4-c4ccc(C(C)(C)C)cc4)c4cc(-c5cccnc5)cc2c43)cc1. The lowest BCUT2D eigenvalue weighted by Gasteiger charge is -2.45. The smallest absolute Gasteiger partial charge is 0.252 e. The molecule has 14 aromatic rings. The molecule has 2 aliphatic rings. The lowest BCUT2D eigenvalue weighted by atomic mass is 9.33. The fraction of sp³-hybridized carbons (Fsp3) is 0.253. The average Bonchev–Trinajstić information content (AvgIpc) is 1.05. The predicted octanol–water partition coefficient (Wildman–Crippen LogP) is 24.1. The molecule has 5 nitrogen and oxygen atoms in total. The molecular weight excluding hydrogens is 1220 g/mol. The summed E-state index contributed by atoms with van der Waals surface area (Å²) >= 11 is 0. The molecule has 0 spiro atoms. The van der Waals surface area contributed by atoms with Crippen molar-refractivity contribution < 1.29 is 0 Å².